The smallest absolute Gasteiger partial charge is 0.173 e. The van der Waals surface area contributed by atoms with Crippen molar-refractivity contribution in [2.24, 2.45) is 5.92 Å². The first-order valence-electron chi connectivity index (χ1n) is 5.75. The molecule has 0 fully saturated rings. The molecule has 3 nitrogen and oxygen atoms in total. The number of carbonyl (C=O) groups is 1. The van der Waals surface area contributed by atoms with Gasteiger partial charge in [0.15, 0.2) is 5.78 Å². The number of carbonyl (C=O) groups excluding carboxylic acids is 1. The molecule has 0 aromatic carbocycles. The number of ketones is 1. The number of unbranched alkanes of at least 4 members (excludes halogenated alkanes) is 1. The fourth-order valence-corrected chi connectivity index (χ4v) is 1.91. The Bertz CT molecular complexity index is 415. The summed E-state index contributed by atoms with van der Waals surface area (Å²) in [6, 6.07) is 0. The maximum Gasteiger partial charge on any atom is 0.173 e. The number of Topliss-reactive ketones (excluding diaryl/α,β-unsaturated/α-hetero) is 1. The van der Waals surface area contributed by atoms with Gasteiger partial charge in [0.2, 0.25) is 0 Å². The maximum atomic E-state index is 12.2. The lowest BCUT2D eigenvalue weighted by molar-refractivity contribution is -0.116. The predicted octanol–water partition coefficient (Wildman–Crippen LogP) is 2.74. The highest BCUT2D eigenvalue weighted by molar-refractivity contribution is 6.22. The van der Waals surface area contributed by atoms with Gasteiger partial charge in [0, 0.05) is 18.3 Å². The normalized spacial score (nSPS) is 19.9. The van der Waals surface area contributed by atoms with Crippen LogP contribution >= 0.6 is 0 Å². The van der Waals surface area contributed by atoms with E-state index in [1.165, 1.54) is 0 Å². The zero-order valence-electron chi connectivity index (χ0n) is 9.44. The zero-order valence-corrected chi connectivity index (χ0v) is 9.44. The van der Waals surface area contributed by atoms with E-state index in [1.807, 2.05) is 18.2 Å². The molecule has 0 spiro atoms. The van der Waals surface area contributed by atoms with Gasteiger partial charge < -0.3 is 4.98 Å². The van der Waals surface area contributed by atoms with Crippen molar-refractivity contribution in [2.45, 2.75) is 26.2 Å². The Morgan fingerprint density at radius 1 is 1.50 bits per heavy atom. The summed E-state index contributed by atoms with van der Waals surface area (Å²) in [5.41, 5.74) is 0.702. The summed E-state index contributed by atoms with van der Waals surface area (Å²) in [6.45, 7) is 2.14. The van der Waals surface area contributed by atoms with Crippen LogP contribution in [0.2, 0.25) is 0 Å². The molecule has 0 radical (unpaired) electrons. The lowest BCUT2D eigenvalue weighted by atomic mass is 9.88. The number of allylic oxidation sites excluding steroid dienone is 4. The largest absolute Gasteiger partial charge is 0.345 e. The average molecular weight is 216 g/mol. The van der Waals surface area contributed by atoms with Crippen molar-refractivity contribution in [3.63, 3.8) is 0 Å². The molecule has 0 saturated heterocycles. The topological polar surface area (TPSA) is 45.8 Å². The van der Waals surface area contributed by atoms with E-state index in [0.29, 0.717) is 11.4 Å². The monoisotopic (exact) mass is 216 g/mol. The van der Waals surface area contributed by atoms with Gasteiger partial charge in [-0.25, -0.2) is 4.98 Å². The Hall–Kier alpha value is -1.64. The number of hydrogen-bond acceptors (Lipinski definition) is 2. The molecule has 1 aliphatic carbocycles. The van der Waals surface area contributed by atoms with Crippen LogP contribution < -0.4 is 0 Å². The van der Waals surface area contributed by atoms with Gasteiger partial charge in [-0.15, -0.1) is 0 Å². The van der Waals surface area contributed by atoms with Crippen molar-refractivity contribution in [3.05, 3.63) is 36.4 Å². The van der Waals surface area contributed by atoms with Gasteiger partial charge in [-0.05, 0) is 12.5 Å². The Kier molecular flexibility index (Phi) is 3.34. The Balaban J connectivity index is 2.14. The van der Waals surface area contributed by atoms with Gasteiger partial charge in [-0.2, -0.15) is 0 Å². The second kappa shape index (κ2) is 4.92. The molecule has 2 rings (SSSR count). The molecular formula is C13H16N2O. The highest BCUT2D eigenvalue weighted by Crippen LogP contribution is 2.24. The van der Waals surface area contributed by atoms with Crippen LogP contribution in [0.4, 0.5) is 0 Å². The molecule has 1 atom stereocenters. The van der Waals surface area contributed by atoms with E-state index in [2.05, 4.69) is 16.9 Å². The van der Waals surface area contributed by atoms with Crippen LogP contribution in [-0.2, 0) is 4.79 Å². The first kappa shape index (κ1) is 10.9. The molecule has 3 heteroatoms. The van der Waals surface area contributed by atoms with Gasteiger partial charge in [0.1, 0.15) is 5.82 Å². The van der Waals surface area contributed by atoms with Gasteiger partial charge in [0.05, 0.1) is 5.57 Å². The average Bonchev–Trinajstić information content (AvgIpc) is 2.81. The summed E-state index contributed by atoms with van der Waals surface area (Å²) in [6.07, 6.45) is 12.3. The third kappa shape index (κ3) is 2.13. The van der Waals surface area contributed by atoms with Gasteiger partial charge in [-0.3, -0.25) is 4.79 Å². The lowest BCUT2D eigenvalue weighted by Gasteiger charge is -2.15. The first-order valence-corrected chi connectivity index (χ1v) is 5.75. The molecule has 1 aromatic heterocycles. The van der Waals surface area contributed by atoms with Crippen molar-refractivity contribution in [3.8, 4) is 0 Å². The van der Waals surface area contributed by atoms with Gasteiger partial charge >= 0.3 is 0 Å². The molecule has 0 amide bonds. The number of imidazole rings is 1. The van der Waals surface area contributed by atoms with Crippen molar-refractivity contribution in [1.29, 1.82) is 0 Å². The van der Waals surface area contributed by atoms with Crippen molar-refractivity contribution >= 4 is 11.4 Å². The molecular weight excluding hydrogens is 200 g/mol. The van der Waals surface area contributed by atoms with Crippen LogP contribution in [0.5, 0.6) is 0 Å². The van der Waals surface area contributed by atoms with Crippen LogP contribution in [0.3, 0.4) is 0 Å². The Labute approximate surface area is 95.3 Å². The Morgan fingerprint density at radius 2 is 2.38 bits per heavy atom. The fraction of sp³-hybridized carbons (Fsp3) is 0.385. The maximum absolute atomic E-state index is 12.2. The molecule has 1 N–H and O–H groups in total. The lowest BCUT2D eigenvalue weighted by Crippen LogP contribution is -2.17. The van der Waals surface area contributed by atoms with Crippen LogP contribution in [0.15, 0.2) is 30.6 Å². The standard InChI is InChI=1S/C13H16N2O/c1-2-3-5-10-6-4-7-11(12(10)16)13-14-8-9-15-13/h4,6-10H,2-3,5H2,1H3,(H,14,15). The summed E-state index contributed by atoms with van der Waals surface area (Å²) in [5.74, 6) is 0.895. The second-order valence-electron chi connectivity index (χ2n) is 4.02. The summed E-state index contributed by atoms with van der Waals surface area (Å²) < 4.78 is 0. The third-order valence-electron chi connectivity index (χ3n) is 2.83. The number of H-pyrrole nitrogens is 1. The SMILES string of the molecule is CCCCC1C=CC=C(c2ncc[nH]2)C1=O. The summed E-state index contributed by atoms with van der Waals surface area (Å²) in [4.78, 5) is 19.3. The second-order valence-corrected chi connectivity index (χ2v) is 4.02. The van der Waals surface area contributed by atoms with Crippen LogP contribution in [-0.4, -0.2) is 15.8 Å². The van der Waals surface area contributed by atoms with Crippen molar-refractivity contribution < 1.29 is 4.79 Å². The molecule has 16 heavy (non-hydrogen) atoms. The molecule has 84 valence electrons. The predicted molar refractivity (Wildman–Crippen MR) is 63.7 cm³/mol. The zero-order chi connectivity index (χ0) is 11.4. The number of aromatic amines is 1. The number of aromatic nitrogens is 2. The fourth-order valence-electron chi connectivity index (χ4n) is 1.91. The van der Waals surface area contributed by atoms with E-state index in [-0.39, 0.29) is 11.7 Å². The summed E-state index contributed by atoms with van der Waals surface area (Å²) >= 11 is 0. The summed E-state index contributed by atoms with van der Waals surface area (Å²) in [5, 5.41) is 0. The van der Waals surface area contributed by atoms with Crippen LogP contribution in [0, 0.1) is 5.92 Å². The molecule has 0 aliphatic heterocycles. The third-order valence-corrected chi connectivity index (χ3v) is 2.83. The van der Waals surface area contributed by atoms with E-state index in [4.69, 9.17) is 0 Å². The quantitative estimate of drug-likeness (QED) is 0.841. The van der Waals surface area contributed by atoms with Crippen molar-refractivity contribution in [1.82, 2.24) is 9.97 Å². The number of nitrogens with zero attached hydrogens (tertiary/aromatic N) is 1. The number of rotatable bonds is 4. The number of hydrogen-bond donors (Lipinski definition) is 1. The number of nitrogens with one attached hydrogen (secondary N) is 1. The first-order chi connectivity index (χ1) is 7.83. The molecule has 1 unspecified atom stereocenters. The molecule has 0 bridgehead atoms. The highest BCUT2D eigenvalue weighted by Gasteiger charge is 2.23. The van der Waals surface area contributed by atoms with Gasteiger partial charge in [-0.1, -0.05) is 31.9 Å². The molecule has 1 aliphatic rings. The minimum atomic E-state index is 0.0325. The molecule has 1 aromatic rings. The minimum Gasteiger partial charge on any atom is -0.345 e. The molecule has 0 saturated carbocycles. The van der Waals surface area contributed by atoms with E-state index in [1.54, 1.807) is 12.4 Å². The van der Waals surface area contributed by atoms with Crippen LogP contribution in [0.25, 0.3) is 5.57 Å². The molecule has 1 heterocycles. The van der Waals surface area contributed by atoms with Gasteiger partial charge in [0.25, 0.3) is 0 Å². The van der Waals surface area contributed by atoms with E-state index in [0.717, 1.165) is 19.3 Å². The summed E-state index contributed by atoms with van der Waals surface area (Å²) in [7, 11) is 0. The van der Waals surface area contributed by atoms with Crippen LogP contribution in [0.1, 0.15) is 32.0 Å². The van der Waals surface area contributed by atoms with Crippen molar-refractivity contribution in [2.75, 3.05) is 0 Å². The van der Waals surface area contributed by atoms with E-state index < -0.39 is 0 Å². The van der Waals surface area contributed by atoms with E-state index in [9.17, 15) is 4.79 Å². The highest BCUT2D eigenvalue weighted by atomic mass is 16.1. The van der Waals surface area contributed by atoms with E-state index >= 15 is 0 Å². The minimum absolute atomic E-state index is 0.0325. The Morgan fingerprint density at radius 3 is 3.06 bits per heavy atom.